The molecule has 5 heteroatoms. The maximum Gasteiger partial charge on any atom is 0.410 e. The molecule has 0 saturated carbocycles. The smallest absolute Gasteiger partial charge is 0.410 e. The van der Waals surface area contributed by atoms with Gasteiger partial charge in [-0.2, -0.15) is 0 Å². The van der Waals surface area contributed by atoms with Gasteiger partial charge in [-0.05, 0) is 23.6 Å². The van der Waals surface area contributed by atoms with Crippen molar-refractivity contribution < 1.29 is 14.3 Å². The summed E-state index contributed by atoms with van der Waals surface area (Å²) in [6, 6.07) is 17.2. The summed E-state index contributed by atoms with van der Waals surface area (Å²) in [7, 11) is 1.37. The molecule has 0 unspecified atom stereocenters. The number of amides is 2. The van der Waals surface area contributed by atoms with Crippen LogP contribution in [-0.4, -0.2) is 41.0 Å². The number of hydrogen-bond donors (Lipinski definition) is 0. The summed E-state index contributed by atoms with van der Waals surface area (Å²) in [6.07, 6.45) is 0.0904. The summed E-state index contributed by atoms with van der Waals surface area (Å²) >= 11 is 0. The number of hydrogen-bond acceptors (Lipinski definition) is 3. The Morgan fingerprint density at radius 2 is 1.81 bits per heavy atom. The zero-order chi connectivity index (χ0) is 18.3. The van der Waals surface area contributed by atoms with Gasteiger partial charge in [0.15, 0.2) is 0 Å². The van der Waals surface area contributed by atoms with Gasteiger partial charge in [-0.1, -0.05) is 54.6 Å². The summed E-state index contributed by atoms with van der Waals surface area (Å²) < 4.78 is 5.01. The van der Waals surface area contributed by atoms with Gasteiger partial charge in [0, 0.05) is 13.0 Å². The van der Waals surface area contributed by atoms with Crippen LogP contribution in [0.2, 0.25) is 0 Å². The van der Waals surface area contributed by atoms with Gasteiger partial charge >= 0.3 is 6.09 Å². The Balaban J connectivity index is 1.76. The first-order valence-corrected chi connectivity index (χ1v) is 8.90. The lowest BCUT2D eigenvalue weighted by molar-refractivity contribution is -0.150. The lowest BCUT2D eigenvalue weighted by Crippen LogP contribution is -2.65. The van der Waals surface area contributed by atoms with Gasteiger partial charge in [-0.3, -0.25) is 9.69 Å². The van der Waals surface area contributed by atoms with E-state index >= 15 is 0 Å². The number of methoxy groups -OCH3 is 1. The van der Waals surface area contributed by atoms with E-state index in [2.05, 4.69) is 12.1 Å². The molecule has 2 bridgehead atoms. The highest BCUT2D eigenvalue weighted by Gasteiger charge is 2.51. The van der Waals surface area contributed by atoms with Crippen molar-refractivity contribution in [1.29, 1.82) is 0 Å². The Labute approximate surface area is 153 Å². The number of benzene rings is 2. The average Bonchev–Trinajstić information content (AvgIpc) is 2.69. The molecule has 0 aliphatic carbocycles. The van der Waals surface area contributed by atoms with Crippen LogP contribution in [0.1, 0.15) is 29.7 Å². The second-order valence-corrected chi connectivity index (χ2v) is 6.93. The van der Waals surface area contributed by atoms with Gasteiger partial charge in [0.1, 0.15) is 6.04 Å². The van der Waals surface area contributed by atoms with Crippen LogP contribution in [0.4, 0.5) is 4.79 Å². The second kappa shape index (κ2) is 6.48. The zero-order valence-electron chi connectivity index (χ0n) is 15.0. The third-order valence-electron chi connectivity index (χ3n) is 5.52. The molecule has 5 nitrogen and oxygen atoms in total. The van der Waals surface area contributed by atoms with E-state index in [1.54, 1.807) is 4.90 Å². The molecule has 2 aliphatic heterocycles. The predicted molar refractivity (Wildman–Crippen MR) is 97.4 cm³/mol. The number of ether oxygens (including phenoxy) is 1. The zero-order valence-corrected chi connectivity index (χ0v) is 15.0. The molecule has 134 valence electrons. The van der Waals surface area contributed by atoms with Crippen LogP contribution in [0.3, 0.4) is 0 Å². The highest BCUT2D eigenvalue weighted by Crippen LogP contribution is 2.42. The quantitative estimate of drug-likeness (QED) is 0.836. The van der Waals surface area contributed by atoms with E-state index in [-0.39, 0.29) is 18.0 Å². The lowest BCUT2D eigenvalue weighted by Gasteiger charge is -2.52. The fraction of sp³-hybridized carbons (Fsp3) is 0.333. The third-order valence-corrected chi connectivity index (χ3v) is 5.52. The van der Waals surface area contributed by atoms with Gasteiger partial charge in [0.05, 0.1) is 19.2 Å². The molecule has 2 aromatic carbocycles. The fourth-order valence-corrected chi connectivity index (χ4v) is 4.27. The first-order valence-electron chi connectivity index (χ1n) is 8.90. The lowest BCUT2D eigenvalue weighted by atomic mass is 9.81. The molecule has 2 aliphatic rings. The molecule has 1 fully saturated rings. The van der Waals surface area contributed by atoms with Gasteiger partial charge in [-0.15, -0.1) is 0 Å². The minimum absolute atomic E-state index is 0.0162. The maximum atomic E-state index is 13.3. The van der Waals surface area contributed by atoms with Crippen molar-refractivity contribution in [3.8, 4) is 0 Å². The van der Waals surface area contributed by atoms with Gasteiger partial charge in [0.25, 0.3) is 0 Å². The fourth-order valence-electron chi connectivity index (χ4n) is 4.27. The first kappa shape index (κ1) is 16.6. The summed E-state index contributed by atoms with van der Waals surface area (Å²) in [6.45, 7) is 2.56. The predicted octanol–water partition coefficient (Wildman–Crippen LogP) is 3.15. The molecule has 4 rings (SSSR count). The van der Waals surface area contributed by atoms with Crippen LogP contribution >= 0.6 is 0 Å². The summed E-state index contributed by atoms with van der Waals surface area (Å²) in [5.41, 5.74) is 3.33. The molecule has 2 heterocycles. The van der Waals surface area contributed by atoms with Crippen LogP contribution in [0, 0.1) is 0 Å². The SMILES string of the molecule is COC(=O)N1[C@@H]2Cc3ccccc3[C@@H]1[C@H](C)N(Cc1ccccc1)C2=O. The standard InChI is InChI=1S/C21H22N2O3/c1-14-19-17-11-7-6-10-16(17)12-18(23(19)21(25)26-2)20(24)22(14)13-15-8-4-3-5-9-15/h3-11,14,18-19H,12-13H2,1-2H3/t14-,18+,19-/m0/s1. The number of fused-ring (bicyclic) bond motifs is 4. The summed E-state index contributed by atoms with van der Waals surface area (Å²) in [5, 5.41) is 0. The average molecular weight is 350 g/mol. The molecular weight excluding hydrogens is 328 g/mol. The topological polar surface area (TPSA) is 49.9 Å². The Morgan fingerprint density at radius 1 is 1.12 bits per heavy atom. The molecule has 0 aromatic heterocycles. The number of piperazine rings is 1. The molecule has 1 saturated heterocycles. The first-order chi connectivity index (χ1) is 12.6. The van der Waals surface area contributed by atoms with Crippen LogP contribution < -0.4 is 0 Å². The van der Waals surface area contributed by atoms with Crippen molar-refractivity contribution in [3.05, 3.63) is 71.3 Å². The van der Waals surface area contributed by atoms with Crippen LogP contribution in [0.15, 0.2) is 54.6 Å². The highest BCUT2D eigenvalue weighted by molar-refractivity contribution is 5.89. The van der Waals surface area contributed by atoms with Crippen molar-refractivity contribution >= 4 is 12.0 Å². The van der Waals surface area contributed by atoms with E-state index < -0.39 is 12.1 Å². The van der Waals surface area contributed by atoms with E-state index in [0.717, 1.165) is 16.7 Å². The molecule has 3 atom stereocenters. The Kier molecular flexibility index (Phi) is 4.15. The number of carbonyl (C=O) groups excluding carboxylic acids is 2. The van der Waals surface area contributed by atoms with E-state index in [4.69, 9.17) is 4.74 Å². The minimum Gasteiger partial charge on any atom is -0.453 e. The minimum atomic E-state index is -0.512. The van der Waals surface area contributed by atoms with Gasteiger partial charge < -0.3 is 9.64 Å². The molecule has 0 N–H and O–H groups in total. The Morgan fingerprint density at radius 3 is 2.54 bits per heavy atom. The van der Waals surface area contributed by atoms with E-state index in [1.807, 2.05) is 54.3 Å². The van der Waals surface area contributed by atoms with Gasteiger partial charge in [-0.25, -0.2) is 4.79 Å². The normalized spacial score (nSPS) is 24.2. The second-order valence-electron chi connectivity index (χ2n) is 6.93. The van der Waals surface area contributed by atoms with E-state index in [9.17, 15) is 9.59 Å². The van der Waals surface area contributed by atoms with Crippen molar-refractivity contribution in [2.24, 2.45) is 0 Å². The maximum absolute atomic E-state index is 13.3. The monoisotopic (exact) mass is 350 g/mol. The van der Waals surface area contributed by atoms with E-state index in [1.165, 1.54) is 7.11 Å². The van der Waals surface area contributed by atoms with E-state index in [0.29, 0.717) is 13.0 Å². The number of rotatable bonds is 2. The largest absolute Gasteiger partial charge is 0.453 e. The van der Waals surface area contributed by atoms with Crippen LogP contribution in [-0.2, 0) is 22.5 Å². The van der Waals surface area contributed by atoms with Crippen LogP contribution in [0.5, 0.6) is 0 Å². The molecule has 0 spiro atoms. The molecule has 2 aromatic rings. The molecule has 26 heavy (non-hydrogen) atoms. The van der Waals surface area contributed by atoms with Crippen LogP contribution in [0.25, 0.3) is 0 Å². The summed E-state index contributed by atoms with van der Waals surface area (Å²) in [5.74, 6) is -0.0162. The Bertz CT molecular complexity index is 836. The van der Waals surface area contributed by atoms with Crippen molar-refractivity contribution in [3.63, 3.8) is 0 Å². The number of carbonyl (C=O) groups is 2. The highest BCUT2D eigenvalue weighted by atomic mass is 16.5. The third kappa shape index (κ3) is 2.55. The number of nitrogens with zero attached hydrogens (tertiary/aromatic N) is 2. The molecule has 2 amide bonds. The molecular formula is C21H22N2O3. The summed E-state index contributed by atoms with van der Waals surface area (Å²) in [4.78, 5) is 29.3. The van der Waals surface area contributed by atoms with Crippen molar-refractivity contribution in [1.82, 2.24) is 9.80 Å². The molecule has 0 radical (unpaired) electrons. The van der Waals surface area contributed by atoms with Crippen molar-refractivity contribution in [2.75, 3.05) is 7.11 Å². The Hall–Kier alpha value is -2.82. The van der Waals surface area contributed by atoms with Gasteiger partial charge in [0.2, 0.25) is 5.91 Å². The van der Waals surface area contributed by atoms with Crippen molar-refractivity contribution in [2.45, 2.75) is 38.0 Å².